The second-order valence-electron chi connectivity index (χ2n) is 6.60. The van der Waals surface area contributed by atoms with Gasteiger partial charge in [-0.3, -0.25) is 4.90 Å². The molecule has 1 atom stereocenters. The first kappa shape index (κ1) is 16.3. The summed E-state index contributed by atoms with van der Waals surface area (Å²) in [5.74, 6) is 0.958. The lowest BCUT2D eigenvalue weighted by atomic mass is 10.2. The first-order valence-electron chi connectivity index (χ1n) is 8.64. The lowest BCUT2D eigenvalue weighted by molar-refractivity contribution is -0.0302. The fourth-order valence-corrected chi connectivity index (χ4v) is 3.64. The van der Waals surface area contributed by atoms with Crippen molar-refractivity contribution in [1.29, 1.82) is 0 Å². The zero-order chi connectivity index (χ0) is 16.4. The third-order valence-corrected chi connectivity index (χ3v) is 5.16. The number of ether oxygens (including phenoxy) is 1. The molecule has 0 radical (unpaired) electrons. The van der Waals surface area contributed by atoms with Gasteiger partial charge in [-0.1, -0.05) is 28.1 Å². The number of H-pyrrole nitrogens is 1. The van der Waals surface area contributed by atoms with E-state index in [2.05, 4.69) is 48.2 Å². The van der Waals surface area contributed by atoms with E-state index in [0.717, 1.165) is 60.4 Å². The van der Waals surface area contributed by atoms with Gasteiger partial charge < -0.3 is 15.0 Å². The molecule has 2 heterocycles. The number of benzene rings is 1. The predicted octanol–water partition coefficient (Wildman–Crippen LogP) is 2.79. The number of morpholine rings is 1. The summed E-state index contributed by atoms with van der Waals surface area (Å²) in [6.07, 6.45) is 4.92. The van der Waals surface area contributed by atoms with Crippen molar-refractivity contribution in [2.75, 3.05) is 26.2 Å². The van der Waals surface area contributed by atoms with Crippen LogP contribution in [-0.2, 0) is 11.3 Å². The maximum atomic E-state index is 5.87. The fraction of sp³-hybridized carbons (Fsp3) is 0.500. The molecule has 24 heavy (non-hydrogen) atoms. The molecule has 128 valence electrons. The Bertz CT molecular complexity index is 685. The minimum atomic E-state index is 0.291. The molecule has 2 aliphatic rings. The number of hydrogen-bond acceptors (Lipinski definition) is 4. The fourth-order valence-electron chi connectivity index (χ4n) is 3.24. The lowest BCUT2D eigenvalue weighted by Gasteiger charge is -2.33. The van der Waals surface area contributed by atoms with Gasteiger partial charge in [-0.25, -0.2) is 4.98 Å². The van der Waals surface area contributed by atoms with E-state index in [-0.39, 0.29) is 0 Å². The van der Waals surface area contributed by atoms with Gasteiger partial charge in [0.15, 0.2) is 0 Å². The van der Waals surface area contributed by atoms with Crippen molar-refractivity contribution in [1.82, 2.24) is 20.2 Å². The average Bonchev–Trinajstić information content (AvgIpc) is 3.34. The van der Waals surface area contributed by atoms with Gasteiger partial charge in [0.05, 0.1) is 31.1 Å². The van der Waals surface area contributed by atoms with Crippen molar-refractivity contribution in [3.63, 3.8) is 0 Å². The van der Waals surface area contributed by atoms with Crippen molar-refractivity contribution in [3.8, 4) is 11.3 Å². The predicted molar refractivity (Wildman–Crippen MR) is 97.8 cm³/mol. The average molecular weight is 391 g/mol. The van der Waals surface area contributed by atoms with E-state index < -0.39 is 0 Å². The van der Waals surface area contributed by atoms with Crippen LogP contribution >= 0.6 is 15.9 Å². The number of nitrogens with one attached hydrogen (secondary N) is 2. The minimum absolute atomic E-state index is 0.291. The topological polar surface area (TPSA) is 53.2 Å². The number of hydrogen-bond donors (Lipinski definition) is 2. The van der Waals surface area contributed by atoms with Crippen molar-refractivity contribution < 1.29 is 4.74 Å². The number of nitrogens with zero attached hydrogens (tertiary/aromatic N) is 2. The normalized spacial score (nSPS) is 22.0. The number of aromatic amines is 1. The molecular weight excluding hydrogens is 368 g/mol. The summed E-state index contributed by atoms with van der Waals surface area (Å²) in [7, 11) is 0. The molecule has 2 fully saturated rings. The Kier molecular flexibility index (Phi) is 4.98. The Morgan fingerprint density at radius 2 is 2.29 bits per heavy atom. The van der Waals surface area contributed by atoms with E-state index in [0.29, 0.717) is 6.10 Å². The van der Waals surface area contributed by atoms with Crippen molar-refractivity contribution in [2.24, 2.45) is 0 Å². The standard InChI is InChI=1S/C18H23BrN4O/c19-14-3-1-2-13(8-14)17-10-21-18(22-17)11-20-9-16-12-23(6-7-24-16)15-4-5-15/h1-3,8,10,15-16,20H,4-7,9,11-12H2,(H,21,22). The summed E-state index contributed by atoms with van der Waals surface area (Å²) in [5.41, 5.74) is 2.18. The molecule has 1 saturated carbocycles. The summed E-state index contributed by atoms with van der Waals surface area (Å²) in [6.45, 7) is 4.61. The number of halogens is 1. The smallest absolute Gasteiger partial charge is 0.120 e. The highest BCUT2D eigenvalue weighted by atomic mass is 79.9. The molecule has 1 unspecified atom stereocenters. The molecule has 6 heteroatoms. The van der Waals surface area contributed by atoms with Crippen molar-refractivity contribution in [2.45, 2.75) is 31.5 Å². The molecule has 1 aromatic heterocycles. The van der Waals surface area contributed by atoms with Crippen LogP contribution in [0.2, 0.25) is 0 Å². The maximum absolute atomic E-state index is 5.87. The Labute approximate surface area is 150 Å². The van der Waals surface area contributed by atoms with Crippen LogP contribution in [0.1, 0.15) is 18.7 Å². The molecule has 1 aliphatic carbocycles. The van der Waals surface area contributed by atoms with Crippen molar-refractivity contribution in [3.05, 3.63) is 40.8 Å². The van der Waals surface area contributed by atoms with Gasteiger partial charge in [-0.05, 0) is 25.0 Å². The van der Waals surface area contributed by atoms with Crippen LogP contribution in [0.3, 0.4) is 0 Å². The molecule has 0 bridgehead atoms. The van der Waals surface area contributed by atoms with E-state index in [9.17, 15) is 0 Å². The zero-order valence-electron chi connectivity index (χ0n) is 13.7. The SMILES string of the molecule is Brc1cccc(-c2cnc(CNCC3CN(C4CC4)CCO3)[nH]2)c1. The molecule has 1 aliphatic heterocycles. The molecule has 1 saturated heterocycles. The Hall–Kier alpha value is -1.21. The van der Waals surface area contributed by atoms with E-state index >= 15 is 0 Å². The van der Waals surface area contributed by atoms with E-state index in [4.69, 9.17) is 4.74 Å². The number of imidazole rings is 1. The third kappa shape index (κ3) is 4.06. The highest BCUT2D eigenvalue weighted by molar-refractivity contribution is 9.10. The summed E-state index contributed by atoms with van der Waals surface area (Å²) in [4.78, 5) is 10.4. The van der Waals surface area contributed by atoms with Crippen molar-refractivity contribution >= 4 is 15.9 Å². The number of aromatic nitrogens is 2. The van der Waals surface area contributed by atoms with Crippen LogP contribution in [0.4, 0.5) is 0 Å². The van der Waals surface area contributed by atoms with Crippen LogP contribution < -0.4 is 5.32 Å². The quantitative estimate of drug-likeness (QED) is 0.795. The number of rotatable bonds is 6. The Balaban J connectivity index is 1.27. The molecule has 2 N–H and O–H groups in total. The Morgan fingerprint density at radius 3 is 3.12 bits per heavy atom. The molecule has 1 aromatic carbocycles. The van der Waals surface area contributed by atoms with Gasteiger partial charge in [0.1, 0.15) is 5.82 Å². The summed E-state index contributed by atoms with van der Waals surface area (Å²) >= 11 is 3.51. The molecule has 0 amide bonds. The van der Waals surface area contributed by atoms with Gasteiger partial charge >= 0.3 is 0 Å². The van der Waals surface area contributed by atoms with E-state index in [1.165, 1.54) is 12.8 Å². The summed E-state index contributed by atoms with van der Waals surface area (Å²) < 4.78 is 6.94. The maximum Gasteiger partial charge on any atom is 0.120 e. The van der Waals surface area contributed by atoms with Crippen LogP contribution in [0.5, 0.6) is 0 Å². The second-order valence-corrected chi connectivity index (χ2v) is 7.52. The lowest BCUT2D eigenvalue weighted by Crippen LogP contribution is -2.47. The highest BCUT2D eigenvalue weighted by Gasteiger charge is 2.32. The summed E-state index contributed by atoms with van der Waals surface area (Å²) in [6, 6.07) is 9.06. The van der Waals surface area contributed by atoms with Crippen LogP contribution in [-0.4, -0.2) is 53.3 Å². The molecule has 0 spiro atoms. The van der Waals surface area contributed by atoms with E-state index in [1.54, 1.807) is 0 Å². The minimum Gasteiger partial charge on any atom is -0.374 e. The molecule has 4 rings (SSSR count). The van der Waals surface area contributed by atoms with Gasteiger partial charge in [-0.2, -0.15) is 0 Å². The Morgan fingerprint density at radius 1 is 1.38 bits per heavy atom. The second kappa shape index (κ2) is 7.35. The van der Waals surface area contributed by atoms with Crippen LogP contribution in [0.15, 0.2) is 34.9 Å². The largest absolute Gasteiger partial charge is 0.374 e. The molecule has 5 nitrogen and oxygen atoms in total. The third-order valence-electron chi connectivity index (χ3n) is 4.66. The molecule has 2 aromatic rings. The van der Waals surface area contributed by atoms with Crippen LogP contribution in [0.25, 0.3) is 11.3 Å². The van der Waals surface area contributed by atoms with E-state index in [1.807, 2.05) is 18.3 Å². The summed E-state index contributed by atoms with van der Waals surface area (Å²) in [5, 5.41) is 3.47. The highest BCUT2D eigenvalue weighted by Crippen LogP contribution is 2.28. The zero-order valence-corrected chi connectivity index (χ0v) is 15.3. The van der Waals surface area contributed by atoms with Gasteiger partial charge in [-0.15, -0.1) is 0 Å². The molecular formula is C18H23BrN4O. The first-order chi connectivity index (χ1) is 11.8. The van der Waals surface area contributed by atoms with Gasteiger partial charge in [0, 0.05) is 35.7 Å². The van der Waals surface area contributed by atoms with Gasteiger partial charge in [0.2, 0.25) is 0 Å². The van der Waals surface area contributed by atoms with Gasteiger partial charge in [0.25, 0.3) is 0 Å². The monoisotopic (exact) mass is 390 g/mol. The first-order valence-corrected chi connectivity index (χ1v) is 9.43. The van der Waals surface area contributed by atoms with Crippen LogP contribution in [0, 0.1) is 0 Å².